The van der Waals surface area contributed by atoms with E-state index in [4.69, 9.17) is 0 Å². The molecule has 0 saturated heterocycles. The number of anilines is 2. The summed E-state index contributed by atoms with van der Waals surface area (Å²) in [7, 11) is -4.41. The van der Waals surface area contributed by atoms with Gasteiger partial charge in [0, 0.05) is 16.9 Å². The van der Waals surface area contributed by atoms with Gasteiger partial charge in [-0.1, -0.05) is 48.5 Å². The van der Waals surface area contributed by atoms with Crippen molar-refractivity contribution in [2.24, 2.45) is 10.2 Å². The van der Waals surface area contributed by atoms with Crippen molar-refractivity contribution in [1.29, 1.82) is 0 Å². The molecule has 0 atom stereocenters. The summed E-state index contributed by atoms with van der Waals surface area (Å²) in [5.74, 6) is 0. The van der Waals surface area contributed by atoms with Gasteiger partial charge in [0.1, 0.15) is 4.90 Å². The lowest BCUT2D eigenvalue weighted by Crippen LogP contribution is -2.00. The Morgan fingerprint density at radius 1 is 0.645 bits per heavy atom. The average molecular weight is 430 g/mol. The van der Waals surface area contributed by atoms with Crippen LogP contribution in [0, 0.1) is 0 Å². The van der Waals surface area contributed by atoms with Crippen molar-refractivity contribution in [3.05, 3.63) is 103 Å². The van der Waals surface area contributed by atoms with Gasteiger partial charge >= 0.3 is 0 Å². The molecule has 2 N–H and O–H groups in total. The second-order valence-electron chi connectivity index (χ2n) is 6.76. The molecule has 4 rings (SSSR count). The maximum atomic E-state index is 11.9. The molecule has 4 aromatic rings. The number of nitrogens with one attached hydrogen (secondary N) is 1. The fourth-order valence-corrected chi connectivity index (χ4v) is 3.76. The van der Waals surface area contributed by atoms with Crippen LogP contribution in [-0.2, 0) is 10.1 Å². The quantitative estimate of drug-likeness (QED) is 0.262. The topological polar surface area (TPSA) is 91.1 Å². The molecule has 31 heavy (non-hydrogen) atoms. The molecule has 0 amide bonds. The molecular formula is C24H19N3O3S. The predicted octanol–water partition coefficient (Wildman–Crippen LogP) is 6.76. The summed E-state index contributed by atoms with van der Waals surface area (Å²) in [4.78, 5) is -0.185. The van der Waals surface area contributed by atoms with Crippen LogP contribution in [0.5, 0.6) is 0 Å². The summed E-state index contributed by atoms with van der Waals surface area (Å²) in [5.41, 5.74) is 3.92. The van der Waals surface area contributed by atoms with Crippen molar-refractivity contribution in [3.8, 4) is 11.1 Å². The first kappa shape index (κ1) is 20.5. The van der Waals surface area contributed by atoms with E-state index in [1.54, 1.807) is 18.2 Å². The van der Waals surface area contributed by atoms with Gasteiger partial charge in [-0.25, -0.2) is 0 Å². The summed E-state index contributed by atoms with van der Waals surface area (Å²) in [6, 6.07) is 30.6. The molecule has 4 aromatic carbocycles. The third-order valence-electron chi connectivity index (χ3n) is 4.54. The Morgan fingerprint density at radius 3 is 1.87 bits per heavy atom. The van der Waals surface area contributed by atoms with Crippen molar-refractivity contribution in [2.45, 2.75) is 4.90 Å². The molecule has 0 aliphatic rings. The first-order valence-corrected chi connectivity index (χ1v) is 10.9. The smallest absolute Gasteiger partial charge is 0.295 e. The average Bonchev–Trinajstić information content (AvgIpc) is 2.79. The van der Waals surface area contributed by atoms with Crippen LogP contribution in [-0.4, -0.2) is 13.0 Å². The van der Waals surface area contributed by atoms with Crippen LogP contribution < -0.4 is 5.32 Å². The fraction of sp³-hybridized carbons (Fsp3) is 0. The van der Waals surface area contributed by atoms with Crippen LogP contribution in [0.1, 0.15) is 0 Å². The largest absolute Gasteiger partial charge is 0.356 e. The zero-order valence-corrected chi connectivity index (χ0v) is 17.2. The SMILES string of the molecule is O=S(=O)(O)c1ccc(N=Nc2ccccc2)cc1-c1ccc(Nc2ccccc2)cc1. The fourth-order valence-electron chi connectivity index (χ4n) is 3.06. The number of para-hydroxylation sites is 1. The highest BCUT2D eigenvalue weighted by Gasteiger charge is 2.17. The monoisotopic (exact) mass is 429 g/mol. The molecule has 0 aliphatic carbocycles. The first-order valence-electron chi connectivity index (χ1n) is 9.50. The zero-order chi connectivity index (χ0) is 21.7. The number of benzene rings is 4. The molecule has 7 heteroatoms. The van der Waals surface area contributed by atoms with Crippen LogP contribution in [0.15, 0.2) is 118 Å². The van der Waals surface area contributed by atoms with Crippen LogP contribution in [0.4, 0.5) is 22.7 Å². The van der Waals surface area contributed by atoms with E-state index >= 15 is 0 Å². The van der Waals surface area contributed by atoms with Crippen molar-refractivity contribution in [1.82, 2.24) is 0 Å². The van der Waals surface area contributed by atoms with Gasteiger partial charge in [0.05, 0.1) is 11.4 Å². The molecule has 0 heterocycles. The lowest BCUT2D eigenvalue weighted by atomic mass is 10.0. The maximum Gasteiger partial charge on any atom is 0.295 e. The molecular weight excluding hydrogens is 410 g/mol. The van der Waals surface area contributed by atoms with E-state index in [2.05, 4.69) is 15.5 Å². The number of hydrogen-bond acceptors (Lipinski definition) is 5. The van der Waals surface area contributed by atoms with Crippen LogP contribution in [0.2, 0.25) is 0 Å². The Balaban J connectivity index is 1.67. The first-order chi connectivity index (χ1) is 15.0. The van der Waals surface area contributed by atoms with Gasteiger partial charge in [-0.15, -0.1) is 0 Å². The Hall–Kier alpha value is -3.81. The number of azo groups is 1. The third kappa shape index (κ3) is 5.22. The number of rotatable bonds is 6. The van der Waals surface area contributed by atoms with Gasteiger partial charge in [-0.3, -0.25) is 4.55 Å². The summed E-state index contributed by atoms with van der Waals surface area (Å²) in [5, 5.41) is 11.6. The Morgan fingerprint density at radius 2 is 1.23 bits per heavy atom. The Labute approximate surface area is 180 Å². The van der Waals surface area contributed by atoms with E-state index in [-0.39, 0.29) is 4.90 Å². The van der Waals surface area contributed by atoms with E-state index in [1.165, 1.54) is 12.1 Å². The summed E-state index contributed by atoms with van der Waals surface area (Å²) < 4.78 is 33.5. The van der Waals surface area contributed by atoms with Crippen molar-refractivity contribution in [2.75, 3.05) is 5.32 Å². The molecule has 154 valence electrons. The lowest BCUT2D eigenvalue weighted by Gasteiger charge is -2.10. The molecule has 0 saturated carbocycles. The molecule has 0 spiro atoms. The van der Waals surface area contributed by atoms with Gasteiger partial charge in [-0.05, 0) is 60.2 Å². The highest BCUT2D eigenvalue weighted by atomic mass is 32.2. The standard InChI is InChI=1S/C24H19N3O3S/c28-31(29,30)24-16-15-22(27-26-21-9-5-2-6-10-21)17-23(24)18-11-13-20(14-12-18)25-19-7-3-1-4-8-19/h1-17,25H,(H,28,29,30). The van der Waals surface area contributed by atoms with Gasteiger partial charge in [0.2, 0.25) is 0 Å². The normalized spacial score (nSPS) is 11.5. The van der Waals surface area contributed by atoms with E-state index in [1.807, 2.05) is 72.8 Å². The number of nitrogens with zero attached hydrogens (tertiary/aromatic N) is 2. The predicted molar refractivity (Wildman–Crippen MR) is 122 cm³/mol. The second-order valence-corrected chi connectivity index (χ2v) is 8.15. The second kappa shape index (κ2) is 8.91. The van der Waals surface area contributed by atoms with Gasteiger partial charge in [0.25, 0.3) is 10.1 Å². The van der Waals surface area contributed by atoms with Crippen molar-refractivity contribution < 1.29 is 13.0 Å². The molecule has 0 radical (unpaired) electrons. The molecule has 0 aliphatic heterocycles. The minimum absolute atomic E-state index is 0.185. The zero-order valence-electron chi connectivity index (χ0n) is 16.4. The van der Waals surface area contributed by atoms with Gasteiger partial charge in [0.15, 0.2) is 0 Å². The van der Waals surface area contributed by atoms with Crippen LogP contribution >= 0.6 is 0 Å². The third-order valence-corrected chi connectivity index (χ3v) is 5.45. The van der Waals surface area contributed by atoms with Crippen molar-refractivity contribution >= 4 is 32.9 Å². The summed E-state index contributed by atoms with van der Waals surface area (Å²) >= 11 is 0. The van der Waals surface area contributed by atoms with E-state index < -0.39 is 10.1 Å². The summed E-state index contributed by atoms with van der Waals surface area (Å²) in [6.45, 7) is 0. The molecule has 0 fully saturated rings. The highest BCUT2D eigenvalue weighted by Crippen LogP contribution is 2.33. The summed E-state index contributed by atoms with van der Waals surface area (Å²) in [6.07, 6.45) is 0. The number of hydrogen-bond donors (Lipinski definition) is 2. The minimum atomic E-state index is -4.41. The van der Waals surface area contributed by atoms with E-state index in [0.717, 1.165) is 11.4 Å². The van der Waals surface area contributed by atoms with Gasteiger partial charge in [-0.2, -0.15) is 18.6 Å². The minimum Gasteiger partial charge on any atom is -0.356 e. The Kier molecular flexibility index (Phi) is 5.88. The molecule has 0 aromatic heterocycles. The van der Waals surface area contributed by atoms with Crippen LogP contribution in [0.25, 0.3) is 11.1 Å². The van der Waals surface area contributed by atoms with E-state index in [9.17, 15) is 13.0 Å². The maximum absolute atomic E-state index is 11.9. The lowest BCUT2D eigenvalue weighted by molar-refractivity contribution is 0.483. The van der Waals surface area contributed by atoms with Gasteiger partial charge < -0.3 is 5.32 Å². The van der Waals surface area contributed by atoms with E-state index in [0.29, 0.717) is 22.5 Å². The molecule has 6 nitrogen and oxygen atoms in total. The van der Waals surface area contributed by atoms with Crippen LogP contribution in [0.3, 0.4) is 0 Å². The Bertz CT molecular complexity index is 1310. The molecule has 0 unspecified atom stereocenters. The molecule has 0 bridgehead atoms. The highest BCUT2D eigenvalue weighted by molar-refractivity contribution is 7.86. The van der Waals surface area contributed by atoms with Crippen molar-refractivity contribution in [3.63, 3.8) is 0 Å².